The van der Waals surface area contributed by atoms with E-state index in [9.17, 15) is 14.0 Å². The maximum atomic E-state index is 13.2. The molecule has 1 aromatic carbocycles. The van der Waals surface area contributed by atoms with Crippen LogP contribution in [0.2, 0.25) is 0 Å². The molecule has 0 unspecified atom stereocenters. The zero-order valence-electron chi connectivity index (χ0n) is 18.3. The Morgan fingerprint density at radius 2 is 1.83 bits per heavy atom. The molecular weight excluding hydrogens is 385 g/mol. The molecule has 0 spiro atoms. The number of hydrogen-bond acceptors (Lipinski definition) is 4. The summed E-state index contributed by atoms with van der Waals surface area (Å²) in [7, 11) is 0. The predicted octanol–water partition coefficient (Wildman–Crippen LogP) is 3.65. The molecule has 1 saturated carbocycles. The van der Waals surface area contributed by atoms with E-state index >= 15 is 0 Å². The molecule has 3 rings (SSSR count). The molecule has 166 valence electrons. The van der Waals surface area contributed by atoms with E-state index in [0.29, 0.717) is 13.0 Å². The Kier molecular flexibility index (Phi) is 7.01. The molecule has 1 aromatic rings. The van der Waals surface area contributed by atoms with E-state index < -0.39 is 17.7 Å². The molecule has 1 aliphatic heterocycles. The number of benzene rings is 1. The summed E-state index contributed by atoms with van der Waals surface area (Å²) in [6, 6.07) is 5.75. The third-order valence-corrected chi connectivity index (χ3v) is 5.75. The van der Waals surface area contributed by atoms with Crippen LogP contribution in [0.15, 0.2) is 24.3 Å². The van der Waals surface area contributed by atoms with Crippen LogP contribution in [0.4, 0.5) is 9.18 Å². The molecule has 2 aliphatic rings. The number of piperidine rings is 1. The lowest BCUT2D eigenvalue weighted by Gasteiger charge is -2.31. The van der Waals surface area contributed by atoms with Crippen molar-refractivity contribution in [3.63, 3.8) is 0 Å². The van der Waals surface area contributed by atoms with Crippen molar-refractivity contribution in [2.24, 2.45) is 5.73 Å². The first kappa shape index (κ1) is 22.5. The fourth-order valence-electron chi connectivity index (χ4n) is 4.06. The summed E-state index contributed by atoms with van der Waals surface area (Å²) in [4.78, 5) is 29.0. The van der Waals surface area contributed by atoms with Gasteiger partial charge >= 0.3 is 6.09 Å². The first-order valence-electron chi connectivity index (χ1n) is 10.9. The minimum Gasteiger partial charge on any atom is -0.444 e. The van der Waals surface area contributed by atoms with Crippen LogP contribution in [0.1, 0.15) is 64.4 Å². The molecule has 0 radical (unpaired) electrons. The topological polar surface area (TPSA) is 75.9 Å². The Hall–Kier alpha value is -2.15. The molecule has 30 heavy (non-hydrogen) atoms. The van der Waals surface area contributed by atoms with E-state index in [0.717, 1.165) is 44.3 Å². The predicted molar refractivity (Wildman–Crippen MR) is 114 cm³/mol. The second-order valence-electron chi connectivity index (χ2n) is 9.42. The normalized spacial score (nSPS) is 22.4. The fourth-order valence-corrected chi connectivity index (χ4v) is 4.06. The molecule has 2 amide bonds. The number of nitrogens with zero attached hydrogens (tertiary/aromatic N) is 2. The van der Waals surface area contributed by atoms with Crippen molar-refractivity contribution in [3.8, 4) is 0 Å². The van der Waals surface area contributed by atoms with Crippen molar-refractivity contribution in [1.82, 2.24) is 9.80 Å². The number of carbonyl (C=O) groups excluding carboxylic acids is 2. The Morgan fingerprint density at radius 3 is 2.43 bits per heavy atom. The van der Waals surface area contributed by atoms with E-state index in [2.05, 4.69) is 0 Å². The van der Waals surface area contributed by atoms with Crippen molar-refractivity contribution in [3.05, 3.63) is 35.6 Å². The van der Waals surface area contributed by atoms with Crippen molar-refractivity contribution < 1.29 is 18.7 Å². The third kappa shape index (κ3) is 5.94. The average Bonchev–Trinajstić information content (AvgIpc) is 3.47. The van der Waals surface area contributed by atoms with Gasteiger partial charge in [-0.15, -0.1) is 0 Å². The van der Waals surface area contributed by atoms with E-state index in [-0.39, 0.29) is 23.7 Å². The Balaban J connectivity index is 1.63. The summed E-state index contributed by atoms with van der Waals surface area (Å²) < 4.78 is 18.8. The lowest BCUT2D eigenvalue weighted by molar-refractivity contribution is -0.133. The highest BCUT2D eigenvalue weighted by Gasteiger charge is 2.46. The first-order chi connectivity index (χ1) is 14.2. The summed E-state index contributed by atoms with van der Waals surface area (Å²) in [6.45, 7) is 7.38. The summed E-state index contributed by atoms with van der Waals surface area (Å²) in [5, 5.41) is 0. The van der Waals surface area contributed by atoms with E-state index in [4.69, 9.17) is 10.5 Å². The number of rotatable bonds is 6. The van der Waals surface area contributed by atoms with Gasteiger partial charge in [-0.1, -0.05) is 12.1 Å². The Morgan fingerprint density at radius 1 is 1.20 bits per heavy atom. The van der Waals surface area contributed by atoms with Gasteiger partial charge in [0.1, 0.15) is 11.4 Å². The van der Waals surface area contributed by atoms with Crippen molar-refractivity contribution in [2.45, 2.75) is 76.5 Å². The molecular formula is C23H34FN3O3. The summed E-state index contributed by atoms with van der Waals surface area (Å²) in [5.41, 5.74) is 6.59. The van der Waals surface area contributed by atoms with Crippen LogP contribution in [0.25, 0.3) is 0 Å². The van der Waals surface area contributed by atoms with Crippen LogP contribution < -0.4 is 5.73 Å². The summed E-state index contributed by atoms with van der Waals surface area (Å²) in [5.74, 6) is -0.168. The van der Waals surface area contributed by atoms with Crippen LogP contribution in [-0.2, 0) is 9.53 Å². The minimum absolute atomic E-state index is 0.0254. The van der Waals surface area contributed by atoms with Crippen LogP contribution in [0.5, 0.6) is 0 Å². The lowest BCUT2D eigenvalue weighted by atomic mass is 10.1. The van der Waals surface area contributed by atoms with Gasteiger partial charge in [0.05, 0.1) is 6.04 Å². The highest BCUT2D eigenvalue weighted by Crippen LogP contribution is 2.45. The maximum absolute atomic E-state index is 13.2. The number of ether oxygens (including phenoxy) is 1. The summed E-state index contributed by atoms with van der Waals surface area (Å²) in [6.07, 6.45) is 3.97. The van der Waals surface area contributed by atoms with Crippen LogP contribution in [0.3, 0.4) is 0 Å². The monoisotopic (exact) mass is 419 g/mol. The molecule has 2 N–H and O–H groups in total. The van der Waals surface area contributed by atoms with E-state index in [1.807, 2.05) is 25.7 Å². The molecule has 3 atom stereocenters. The summed E-state index contributed by atoms with van der Waals surface area (Å²) >= 11 is 0. The van der Waals surface area contributed by atoms with Gasteiger partial charge in [-0.3, -0.25) is 4.79 Å². The Labute approximate surface area is 178 Å². The number of amides is 2. The molecule has 0 aromatic heterocycles. The zero-order valence-corrected chi connectivity index (χ0v) is 18.3. The standard InChI is InChI=1S/C23H34FN3O3/c1-23(2,3)30-22(29)27(20-15-18(20)16-7-9-17(24)10-8-16)14-11-19(25)21(28)26-12-5-4-6-13-26/h7-10,18-20H,4-6,11-15,25H2,1-3H3/t18-,19-,20+/m0/s1. The fraction of sp³-hybridized carbons (Fsp3) is 0.652. The zero-order chi connectivity index (χ0) is 21.9. The molecule has 6 nitrogen and oxygen atoms in total. The molecule has 0 bridgehead atoms. The van der Waals surface area contributed by atoms with Crippen molar-refractivity contribution in [1.29, 1.82) is 0 Å². The molecule has 2 fully saturated rings. The SMILES string of the molecule is CC(C)(C)OC(=O)N(CC[C@H](N)C(=O)N1CCCCC1)[C@@H]1C[C@H]1c1ccc(F)cc1. The van der Waals surface area contributed by atoms with Crippen molar-refractivity contribution in [2.75, 3.05) is 19.6 Å². The largest absolute Gasteiger partial charge is 0.444 e. The highest BCUT2D eigenvalue weighted by molar-refractivity contribution is 5.81. The number of likely N-dealkylation sites (tertiary alicyclic amines) is 1. The minimum atomic E-state index is -0.629. The smallest absolute Gasteiger partial charge is 0.410 e. The van der Waals surface area contributed by atoms with Gasteiger partial charge in [-0.2, -0.15) is 0 Å². The van der Waals surface area contributed by atoms with Crippen LogP contribution in [-0.4, -0.2) is 59.1 Å². The number of nitrogens with two attached hydrogens (primary N) is 1. The Bertz CT molecular complexity index is 741. The highest BCUT2D eigenvalue weighted by atomic mass is 19.1. The average molecular weight is 420 g/mol. The van der Waals surface area contributed by atoms with Gasteiger partial charge in [0.2, 0.25) is 5.91 Å². The maximum Gasteiger partial charge on any atom is 0.410 e. The van der Waals surface area contributed by atoms with Gasteiger partial charge in [0.25, 0.3) is 0 Å². The van der Waals surface area contributed by atoms with Gasteiger partial charge < -0.3 is 20.3 Å². The number of hydrogen-bond donors (Lipinski definition) is 1. The van der Waals surface area contributed by atoms with Crippen LogP contribution >= 0.6 is 0 Å². The quantitative estimate of drug-likeness (QED) is 0.764. The first-order valence-corrected chi connectivity index (χ1v) is 10.9. The number of halogens is 1. The second-order valence-corrected chi connectivity index (χ2v) is 9.42. The van der Waals surface area contributed by atoms with E-state index in [1.165, 1.54) is 12.1 Å². The van der Waals surface area contributed by atoms with Gasteiger partial charge in [-0.25, -0.2) is 9.18 Å². The molecule has 1 saturated heterocycles. The van der Waals surface area contributed by atoms with Gasteiger partial charge in [0.15, 0.2) is 0 Å². The van der Waals surface area contributed by atoms with Gasteiger partial charge in [-0.05, 0) is 70.6 Å². The lowest BCUT2D eigenvalue weighted by Crippen LogP contribution is -2.48. The van der Waals surface area contributed by atoms with Gasteiger partial charge in [0, 0.05) is 31.6 Å². The second kappa shape index (κ2) is 9.33. The third-order valence-electron chi connectivity index (χ3n) is 5.75. The van der Waals surface area contributed by atoms with Crippen molar-refractivity contribution >= 4 is 12.0 Å². The molecule has 1 heterocycles. The molecule has 1 aliphatic carbocycles. The van der Waals surface area contributed by atoms with Crippen LogP contribution in [0, 0.1) is 5.82 Å². The number of carbonyl (C=O) groups is 2. The molecule has 7 heteroatoms. The van der Waals surface area contributed by atoms with E-state index in [1.54, 1.807) is 17.0 Å².